The van der Waals surface area contributed by atoms with E-state index in [4.69, 9.17) is 4.42 Å². The molecule has 0 amide bonds. The molecule has 0 saturated carbocycles. The average Bonchev–Trinajstić information content (AvgIpc) is 2.73. The molecule has 1 heterocycles. The number of para-hydroxylation sites is 1. The summed E-state index contributed by atoms with van der Waals surface area (Å²) in [6.45, 7) is 5.08. The van der Waals surface area contributed by atoms with Gasteiger partial charge in [-0.05, 0) is 12.0 Å². The van der Waals surface area contributed by atoms with Gasteiger partial charge in [0.2, 0.25) is 0 Å². The molecule has 0 bridgehead atoms. The minimum atomic E-state index is 0.128. The monoisotopic (exact) mass is 233 g/mol. The number of hydrogen-bond acceptors (Lipinski definition) is 3. The van der Waals surface area contributed by atoms with Gasteiger partial charge in [-0.3, -0.25) is 0 Å². The quantitative estimate of drug-likeness (QED) is 0.834. The van der Waals surface area contributed by atoms with Crippen LogP contribution in [-0.4, -0.2) is 17.8 Å². The summed E-state index contributed by atoms with van der Waals surface area (Å²) in [5.41, 5.74) is 2.05. The SMILES string of the molecule is CC(C)C(CO)NCc1coc2ccccc12. The van der Waals surface area contributed by atoms with Crippen LogP contribution in [0.3, 0.4) is 0 Å². The first kappa shape index (κ1) is 12.1. The number of nitrogens with one attached hydrogen (secondary N) is 1. The Bertz CT molecular complexity index is 476. The van der Waals surface area contributed by atoms with Gasteiger partial charge in [0.1, 0.15) is 5.58 Å². The Labute approximate surface area is 101 Å². The maximum atomic E-state index is 9.25. The molecule has 1 aromatic carbocycles. The van der Waals surface area contributed by atoms with Crippen LogP contribution in [0.5, 0.6) is 0 Å². The van der Waals surface area contributed by atoms with E-state index >= 15 is 0 Å². The molecule has 2 aromatic rings. The van der Waals surface area contributed by atoms with Gasteiger partial charge in [-0.2, -0.15) is 0 Å². The van der Waals surface area contributed by atoms with Crippen molar-refractivity contribution in [2.24, 2.45) is 5.92 Å². The van der Waals surface area contributed by atoms with Crippen LogP contribution >= 0.6 is 0 Å². The molecule has 3 nitrogen and oxygen atoms in total. The molecule has 3 heteroatoms. The van der Waals surface area contributed by atoms with Gasteiger partial charge in [0.15, 0.2) is 0 Å². The average molecular weight is 233 g/mol. The van der Waals surface area contributed by atoms with E-state index in [1.165, 1.54) is 0 Å². The highest BCUT2D eigenvalue weighted by Crippen LogP contribution is 2.20. The smallest absolute Gasteiger partial charge is 0.134 e. The summed E-state index contributed by atoms with van der Waals surface area (Å²) >= 11 is 0. The van der Waals surface area contributed by atoms with Gasteiger partial charge in [-0.25, -0.2) is 0 Å². The van der Waals surface area contributed by atoms with Crippen molar-refractivity contribution in [3.63, 3.8) is 0 Å². The molecule has 1 aromatic heterocycles. The first-order valence-corrected chi connectivity index (χ1v) is 6.01. The zero-order valence-electron chi connectivity index (χ0n) is 10.3. The van der Waals surface area contributed by atoms with Gasteiger partial charge >= 0.3 is 0 Å². The number of benzene rings is 1. The lowest BCUT2D eigenvalue weighted by Crippen LogP contribution is -2.36. The Hall–Kier alpha value is -1.32. The summed E-state index contributed by atoms with van der Waals surface area (Å²) in [5, 5.41) is 13.7. The summed E-state index contributed by atoms with van der Waals surface area (Å²) in [4.78, 5) is 0. The second-order valence-corrected chi connectivity index (χ2v) is 4.67. The Kier molecular flexibility index (Phi) is 3.82. The minimum Gasteiger partial charge on any atom is -0.464 e. The first-order chi connectivity index (χ1) is 8.22. The van der Waals surface area contributed by atoms with E-state index in [2.05, 4.69) is 25.2 Å². The Morgan fingerprint density at radius 1 is 1.29 bits per heavy atom. The predicted octanol–water partition coefficient (Wildman–Crippen LogP) is 2.54. The van der Waals surface area contributed by atoms with Crippen molar-refractivity contribution in [1.82, 2.24) is 5.32 Å². The summed E-state index contributed by atoms with van der Waals surface area (Å²) in [7, 11) is 0. The van der Waals surface area contributed by atoms with Gasteiger partial charge in [0.05, 0.1) is 12.9 Å². The fourth-order valence-electron chi connectivity index (χ4n) is 1.92. The van der Waals surface area contributed by atoms with Crippen LogP contribution in [0.2, 0.25) is 0 Å². The molecule has 17 heavy (non-hydrogen) atoms. The fourth-order valence-corrected chi connectivity index (χ4v) is 1.92. The van der Waals surface area contributed by atoms with E-state index in [1.807, 2.05) is 18.2 Å². The third-order valence-electron chi connectivity index (χ3n) is 3.12. The van der Waals surface area contributed by atoms with Crippen LogP contribution in [0.1, 0.15) is 19.4 Å². The molecular weight excluding hydrogens is 214 g/mol. The molecule has 2 rings (SSSR count). The van der Waals surface area contributed by atoms with E-state index in [0.717, 1.165) is 23.1 Å². The third-order valence-corrected chi connectivity index (χ3v) is 3.12. The molecule has 0 spiro atoms. The summed E-state index contributed by atoms with van der Waals surface area (Å²) < 4.78 is 5.47. The molecule has 0 aliphatic rings. The van der Waals surface area contributed by atoms with Crippen LogP contribution in [0.15, 0.2) is 34.9 Å². The Morgan fingerprint density at radius 3 is 2.76 bits per heavy atom. The van der Waals surface area contributed by atoms with Crippen molar-refractivity contribution in [3.05, 3.63) is 36.1 Å². The van der Waals surface area contributed by atoms with Crippen LogP contribution in [0.4, 0.5) is 0 Å². The standard InChI is InChI=1S/C14H19NO2/c1-10(2)13(8-16)15-7-11-9-17-14-6-4-3-5-12(11)14/h3-6,9-10,13,15-16H,7-8H2,1-2H3. The molecule has 0 saturated heterocycles. The van der Waals surface area contributed by atoms with Crippen molar-refractivity contribution in [3.8, 4) is 0 Å². The van der Waals surface area contributed by atoms with Crippen molar-refractivity contribution >= 4 is 11.0 Å². The van der Waals surface area contributed by atoms with Crippen LogP contribution in [0.25, 0.3) is 11.0 Å². The van der Waals surface area contributed by atoms with E-state index in [1.54, 1.807) is 6.26 Å². The number of furan rings is 1. The number of rotatable bonds is 5. The maximum Gasteiger partial charge on any atom is 0.134 e. The second kappa shape index (κ2) is 5.34. The molecule has 1 atom stereocenters. The molecular formula is C14H19NO2. The Balaban J connectivity index is 2.08. The van der Waals surface area contributed by atoms with Crippen LogP contribution < -0.4 is 5.32 Å². The molecule has 1 unspecified atom stereocenters. The van der Waals surface area contributed by atoms with E-state index in [9.17, 15) is 5.11 Å². The summed E-state index contributed by atoms with van der Waals surface area (Å²) in [5.74, 6) is 0.415. The van der Waals surface area contributed by atoms with Crippen LogP contribution in [-0.2, 0) is 6.54 Å². The zero-order chi connectivity index (χ0) is 12.3. The molecule has 0 fully saturated rings. The van der Waals surface area contributed by atoms with Crippen molar-refractivity contribution < 1.29 is 9.52 Å². The van der Waals surface area contributed by atoms with Gasteiger partial charge in [0.25, 0.3) is 0 Å². The largest absolute Gasteiger partial charge is 0.464 e. The van der Waals surface area contributed by atoms with E-state index in [0.29, 0.717) is 5.92 Å². The normalized spacial score (nSPS) is 13.4. The lowest BCUT2D eigenvalue weighted by Gasteiger charge is -2.19. The molecule has 0 aliphatic heterocycles. The highest BCUT2D eigenvalue weighted by atomic mass is 16.3. The molecule has 0 aliphatic carbocycles. The number of aliphatic hydroxyl groups is 1. The summed E-state index contributed by atoms with van der Waals surface area (Å²) in [6, 6.07) is 8.12. The fraction of sp³-hybridized carbons (Fsp3) is 0.429. The minimum absolute atomic E-state index is 0.128. The number of hydrogen-bond donors (Lipinski definition) is 2. The highest BCUT2D eigenvalue weighted by Gasteiger charge is 2.12. The number of aliphatic hydroxyl groups excluding tert-OH is 1. The summed E-state index contributed by atoms with van der Waals surface area (Å²) in [6.07, 6.45) is 1.78. The third kappa shape index (κ3) is 2.68. The van der Waals surface area contributed by atoms with E-state index in [-0.39, 0.29) is 12.6 Å². The molecule has 0 radical (unpaired) electrons. The van der Waals surface area contributed by atoms with Gasteiger partial charge in [-0.15, -0.1) is 0 Å². The topological polar surface area (TPSA) is 45.4 Å². The highest BCUT2D eigenvalue weighted by molar-refractivity contribution is 5.80. The van der Waals surface area contributed by atoms with Crippen molar-refractivity contribution in [2.45, 2.75) is 26.4 Å². The van der Waals surface area contributed by atoms with Gasteiger partial charge < -0.3 is 14.8 Å². The van der Waals surface area contributed by atoms with Crippen molar-refractivity contribution in [2.75, 3.05) is 6.61 Å². The van der Waals surface area contributed by atoms with Gasteiger partial charge in [0, 0.05) is 23.5 Å². The van der Waals surface area contributed by atoms with Crippen molar-refractivity contribution in [1.29, 1.82) is 0 Å². The predicted molar refractivity (Wildman–Crippen MR) is 68.8 cm³/mol. The number of fused-ring (bicyclic) bond motifs is 1. The van der Waals surface area contributed by atoms with Gasteiger partial charge in [-0.1, -0.05) is 32.0 Å². The second-order valence-electron chi connectivity index (χ2n) is 4.67. The maximum absolute atomic E-state index is 9.25. The first-order valence-electron chi connectivity index (χ1n) is 6.01. The molecule has 2 N–H and O–H groups in total. The lowest BCUT2D eigenvalue weighted by atomic mass is 10.0. The Morgan fingerprint density at radius 2 is 2.06 bits per heavy atom. The van der Waals surface area contributed by atoms with E-state index < -0.39 is 0 Å². The molecule has 92 valence electrons. The zero-order valence-corrected chi connectivity index (χ0v) is 10.3. The lowest BCUT2D eigenvalue weighted by molar-refractivity contribution is 0.210. The van der Waals surface area contributed by atoms with Crippen LogP contribution in [0, 0.1) is 5.92 Å².